The summed E-state index contributed by atoms with van der Waals surface area (Å²) in [4.78, 5) is 11.2. The SMILES string of the molecule is CCOC(=O)C(C)NC(=S)NCCOC. The molecular weight excluding hydrogens is 216 g/mol. The number of hydrogen-bond acceptors (Lipinski definition) is 4. The highest BCUT2D eigenvalue weighted by Crippen LogP contribution is 1.87. The molecule has 0 spiro atoms. The number of esters is 1. The lowest BCUT2D eigenvalue weighted by Gasteiger charge is -2.15. The molecule has 0 aromatic rings. The van der Waals surface area contributed by atoms with Crippen LogP contribution in [-0.4, -0.2) is 44.0 Å². The summed E-state index contributed by atoms with van der Waals surface area (Å²) in [7, 11) is 1.61. The molecule has 0 rings (SSSR count). The van der Waals surface area contributed by atoms with Crippen molar-refractivity contribution in [3.63, 3.8) is 0 Å². The number of thiocarbonyl (C=S) groups is 1. The smallest absolute Gasteiger partial charge is 0.328 e. The van der Waals surface area contributed by atoms with Crippen LogP contribution in [-0.2, 0) is 14.3 Å². The predicted octanol–water partition coefficient (Wildman–Crippen LogP) is 0.0485. The van der Waals surface area contributed by atoms with Crippen LogP contribution in [0.1, 0.15) is 13.8 Å². The highest BCUT2D eigenvalue weighted by Gasteiger charge is 2.13. The minimum Gasteiger partial charge on any atom is -0.464 e. The van der Waals surface area contributed by atoms with E-state index in [-0.39, 0.29) is 5.97 Å². The predicted molar refractivity (Wildman–Crippen MR) is 61.7 cm³/mol. The second-order valence-corrected chi connectivity index (χ2v) is 3.28. The van der Waals surface area contributed by atoms with Crippen molar-refractivity contribution in [2.45, 2.75) is 19.9 Å². The molecule has 5 nitrogen and oxygen atoms in total. The third-order valence-electron chi connectivity index (χ3n) is 1.58. The Bertz CT molecular complexity index is 212. The summed E-state index contributed by atoms with van der Waals surface area (Å²) in [6, 6.07) is -0.438. The maximum absolute atomic E-state index is 11.2. The van der Waals surface area contributed by atoms with Crippen molar-refractivity contribution in [2.75, 3.05) is 26.9 Å². The average molecular weight is 234 g/mol. The lowest BCUT2D eigenvalue weighted by molar-refractivity contribution is -0.144. The second-order valence-electron chi connectivity index (χ2n) is 2.87. The van der Waals surface area contributed by atoms with Crippen molar-refractivity contribution in [1.29, 1.82) is 0 Å². The van der Waals surface area contributed by atoms with Crippen molar-refractivity contribution in [2.24, 2.45) is 0 Å². The van der Waals surface area contributed by atoms with Gasteiger partial charge in [-0.1, -0.05) is 0 Å². The minimum atomic E-state index is -0.438. The standard InChI is InChI=1S/C9H18N2O3S/c1-4-14-8(12)7(2)11-9(15)10-5-6-13-3/h7H,4-6H2,1-3H3,(H2,10,11,15). The molecule has 0 amide bonds. The zero-order valence-electron chi connectivity index (χ0n) is 9.33. The van der Waals surface area contributed by atoms with Crippen LogP contribution in [0, 0.1) is 0 Å². The molecule has 0 aromatic heterocycles. The third-order valence-corrected chi connectivity index (χ3v) is 1.84. The highest BCUT2D eigenvalue weighted by atomic mass is 32.1. The fraction of sp³-hybridized carbons (Fsp3) is 0.778. The van der Waals surface area contributed by atoms with Crippen LogP contribution in [0.15, 0.2) is 0 Å². The van der Waals surface area contributed by atoms with Crippen molar-refractivity contribution < 1.29 is 14.3 Å². The van der Waals surface area contributed by atoms with Gasteiger partial charge < -0.3 is 20.1 Å². The summed E-state index contributed by atoms with van der Waals surface area (Å²) in [5.74, 6) is -0.312. The molecule has 0 aliphatic carbocycles. The molecule has 88 valence electrons. The third kappa shape index (κ3) is 7.10. The number of hydrogen-bond donors (Lipinski definition) is 2. The molecule has 0 bridgehead atoms. The van der Waals surface area contributed by atoms with Gasteiger partial charge in [0.1, 0.15) is 6.04 Å². The van der Waals surface area contributed by atoms with Crippen molar-refractivity contribution in [1.82, 2.24) is 10.6 Å². The summed E-state index contributed by atoms with van der Waals surface area (Å²) in [5, 5.41) is 6.14. The first-order chi connectivity index (χ1) is 7.11. The van der Waals surface area contributed by atoms with Gasteiger partial charge >= 0.3 is 5.97 Å². The quantitative estimate of drug-likeness (QED) is 0.385. The van der Waals surface area contributed by atoms with E-state index in [9.17, 15) is 4.79 Å². The zero-order chi connectivity index (χ0) is 11.7. The van der Waals surface area contributed by atoms with E-state index in [2.05, 4.69) is 10.6 Å². The van der Waals surface area contributed by atoms with E-state index < -0.39 is 6.04 Å². The molecule has 2 N–H and O–H groups in total. The van der Waals surface area contributed by atoms with Crippen molar-refractivity contribution in [3.8, 4) is 0 Å². The first-order valence-electron chi connectivity index (χ1n) is 4.81. The number of ether oxygens (including phenoxy) is 2. The Morgan fingerprint density at radius 1 is 1.53 bits per heavy atom. The Balaban J connectivity index is 3.70. The fourth-order valence-electron chi connectivity index (χ4n) is 0.840. The first kappa shape index (κ1) is 14.1. The van der Waals surface area contributed by atoms with Crippen molar-refractivity contribution in [3.05, 3.63) is 0 Å². The first-order valence-corrected chi connectivity index (χ1v) is 5.22. The van der Waals surface area contributed by atoms with E-state index in [0.29, 0.717) is 24.9 Å². The maximum Gasteiger partial charge on any atom is 0.328 e. The van der Waals surface area contributed by atoms with Gasteiger partial charge in [0.25, 0.3) is 0 Å². The molecule has 0 aromatic carbocycles. The van der Waals surface area contributed by atoms with E-state index in [1.165, 1.54) is 0 Å². The van der Waals surface area contributed by atoms with Crippen LogP contribution in [0.3, 0.4) is 0 Å². The van der Waals surface area contributed by atoms with Crippen LogP contribution >= 0.6 is 12.2 Å². The normalized spacial score (nSPS) is 11.7. The van der Waals surface area contributed by atoms with Gasteiger partial charge in [0, 0.05) is 13.7 Å². The van der Waals surface area contributed by atoms with Crippen LogP contribution in [0.2, 0.25) is 0 Å². The molecule has 1 unspecified atom stereocenters. The summed E-state index contributed by atoms with van der Waals surface area (Å²) < 4.78 is 9.66. The van der Waals surface area contributed by atoms with Gasteiger partial charge in [-0.2, -0.15) is 0 Å². The molecule has 1 atom stereocenters. The number of nitrogens with one attached hydrogen (secondary N) is 2. The van der Waals surface area contributed by atoms with E-state index in [1.807, 2.05) is 0 Å². The summed E-state index contributed by atoms with van der Waals surface area (Å²) in [6.07, 6.45) is 0. The monoisotopic (exact) mass is 234 g/mol. The van der Waals surface area contributed by atoms with Gasteiger partial charge in [-0.25, -0.2) is 4.79 Å². The topological polar surface area (TPSA) is 59.6 Å². The number of methoxy groups -OCH3 is 1. The van der Waals surface area contributed by atoms with Crippen LogP contribution in [0.5, 0.6) is 0 Å². The number of carbonyl (C=O) groups is 1. The number of carbonyl (C=O) groups excluding carboxylic acids is 1. The lowest BCUT2D eigenvalue weighted by Crippen LogP contribution is -2.45. The molecule has 6 heteroatoms. The van der Waals surface area contributed by atoms with Gasteiger partial charge in [0.05, 0.1) is 13.2 Å². The molecule has 0 fully saturated rings. The molecule has 0 radical (unpaired) electrons. The maximum atomic E-state index is 11.2. The van der Waals surface area contributed by atoms with Gasteiger partial charge in [0.15, 0.2) is 5.11 Å². The second kappa shape index (κ2) is 8.43. The Morgan fingerprint density at radius 2 is 2.20 bits per heavy atom. The largest absolute Gasteiger partial charge is 0.464 e. The van der Waals surface area contributed by atoms with Crippen molar-refractivity contribution >= 4 is 23.3 Å². The molecule has 0 saturated carbocycles. The molecule has 0 aliphatic heterocycles. The fourth-order valence-corrected chi connectivity index (χ4v) is 1.12. The van der Waals surface area contributed by atoms with Crippen LogP contribution in [0.25, 0.3) is 0 Å². The lowest BCUT2D eigenvalue weighted by atomic mass is 10.3. The Morgan fingerprint density at radius 3 is 2.73 bits per heavy atom. The summed E-state index contributed by atoms with van der Waals surface area (Å²) >= 11 is 4.96. The van der Waals surface area contributed by atoms with E-state index in [4.69, 9.17) is 21.7 Å². The van der Waals surface area contributed by atoms with Gasteiger partial charge in [0.2, 0.25) is 0 Å². The summed E-state index contributed by atoms with van der Waals surface area (Å²) in [5.41, 5.74) is 0. The van der Waals surface area contributed by atoms with Crippen LogP contribution in [0.4, 0.5) is 0 Å². The molecule has 15 heavy (non-hydrogen) atoms. The van der Waals surface area contributed by atoms with Gasteiger partial charge in [-0.05, 0) is 26.1 Å². The zero-order valence-corrected chi connectivity index (χ0v) is 10.1. The molecule has 0 heterocycles. The van der Waals surface area contributed by atoms with Crippen LogP contribution < -0.4 is 10.6 Å². The van der Waals surface area contributed by atoms with Gasteiger partial charge in [-0.3, -0.25) is 0 Å². The van der Waals surface area contributed by atoms with E-state index in [1.54, 1.807) is 21.0 Å². The van der Waals surface area contributed by atoms with Gasteiger partial charge in [-0.15, -0.1) is 0 Å². The summed E-state index contributed by atoms with van der Waals surface area (Å²) in [6.45, 7) is 5.00. The highest BCUT2D eigenvalue weighted by molar-refractivity contribution is 7.80. The Labute approximate surface area is 95.5 Å². The minimum absolute atomic E-state index is 0.312. The number of rotatable bonds is 6. The molecular formula is C9H18N2O3S. The van der Waals surface area contributed by atoms with E-state index in [0.717, 1.165) is 0 Å². The molecule has 0 aliphatic rings. The Hall–Kier alpha value is -0.880. The molecule has 0 saturated heterocycles. The Kier molecular flexibility index (Phi) is 7.94. The van der Waals surface area contributed by atoms with E-state index >= 15 is 0 Å². The average Bonchev–Trinajstić information content (AvgIpc) is 2.18.